The maximum absolute atomic E-state index is 12.1. The summed E-state index contributed by atoms with van der Waals surface area (Å²) in [6.07, 6.45) is 5.02. The van der Waals surface area contributed by atoms with Crippen molar-refractivity contribution in [3.05, 3.63) is 54.4 Å². The van der Waals surface area contributed by atoms with Gasteiger partial charge in [0.1, 0.15) is 0 Å². The lowest BCUT2D eigenvalue weighted by Gasteiger charge is -2.33. The third kappa shape index (κ3) is 4.03. The third-order valence-electron chi connectivity index (χ3n) is 4.98. The molecule has 1 aliphatic heterocycles. The Bertz CT molecular complexity index is 892. The highest BCUT2D eigenvalue weighted by molar-refractivity contribution is 5.93. The number of hydrogen-bond acceptors (Lipinski definition) is 5. The highest BCUT2D eigenvalue weighted by Gasteiger charge is 2.27. The number of rotatable bonds is 5. The largest absolute Gasteiger partial charge is 0.366 e. The Labute approximate surface area is 164 Å². The molecule has 2 aromatic rings. The number of nitrogens with two attached hydrogens (primary N) is 1. The first-order chi connectivity index (χ1) is 13.4. The molecule has 2 heterocycles. The van der Waals surface area contributed by atoms with E-state index in [1.165, 1.54) is 6.08 Å². The van der Waals surface area contributed by atoms with Crippen LogP contribution in [0.2, 0.25) is 0 Å². The zero-order valence-corrected chi connectivity index (χ0v) is 16.3. The molecule has 146 valence electrons. The summed E-state index contributed by atoms with van der Waals surface area (Å²) in [4.78, 5) is 36.4. The smallest absolute Gasteiger partial charge is 0.248 e. The van der Waals surface area contributed by atoms with Crippen LogP contribution in [0.1, 0.15) is 34.8 Å². The van der Waals surface area contributed by atoms with Crippen LogP contribution >= 0.6 is 0 Å². The zero-order chi connectivity index (χ0) is 20.3. The van der Waals surface area contributed by atoms with E-state index in [-0.39, 0.29) is 11.8 Å². The summed E-state index contributed by atoms with van der Waals surface area (Å²) in [5.74, 6) is 0.209. The highest BCUT2D eigenvalue weighted by atomic mass is 16.2. The number of hydrogen-bond donors (Lipinski definition) is 1. The molecule has 1 aromatic carbocycles. The lowest BCUT2D eigenvalue weighted by atomic mass is 9.89. The van der Waals surface area contributed by atoms with Gasteiger partial charge in [0.15, 0.2) is 0 Å². The highest BCUT2D eigenvalue weighted by Crippen LogP contribution is 2.34. The molecule has 0 saturated carbocycles. The van der Waals surface area contributed by atoms with Crippen molar-refractivity contribution in [1.82, 2.24) is 14.9 Å². The van der Waals surface area contributed by atoms with Crippen LogP contribution in [0.15, 0.2) is 43.1 Å². The Morgan fingerprint density at radius 2 is 2.00 bits per heavy atom. The van der Waals surface area contributed by atoms with E-state index in [2.05, 4.69) is 11.6 Å². The van der Waals surface area contributed by atoms with Crippen LogP contribution in [0.4, 0.5) is 5.95 Å². The average Bonchev–Trinajstić information content (AvgIpc) is 2.72. The van der Waals surface area contributed by atoms with E-state index in [4.69, 9.17) is 10.7 Å². The first-order valence-corrected chi connectivity index (χ1v) is 9.26. The SMILES string of the molecule is C=CC(=O)N1CCCC(c2nc(N(C)C)ncc2-c2ccc(C(N)=O)cc2)C1. The molecule has 1 aliphatic rings. The van der Waals surface area contributed by atoms with Crippen molar-refractivity contribution in [3.8, 4) is 11.1 Å². The number of nitrogens with zero attached hydrogens (tertiary/aromatic N) is 4. The van der Waals surface area contributed by atoms with Crippen molar-refractivity contribution in [3.63, 3.8) is 0 Å². The first kappa shape index (κ1) is 19.5. The van der Waals surface area contributed by atoms with Crippen LogP contribution in [-0.2, 0) is 4.79 Å². The van der Waals surface area contributed by atoms with Crippen LogP contribution in [0, 0.1) is 0 Å². The van der Waals surface area contributed by atoms with E-state index >= 15 is 0 Å². The number of likely N-dealkylation sites (tertiary alicyclic amines) is 1. The van der Waals surface area contributed by atoms with E-state index in [0.717, 1.165) is 36.2 Å². The summed E-state index contributed by atoms with van der Waals surface area (Å²) < 4.78 is 0. The standard InChI is InChI=1S/C21H25N5O2/c1-4-18(27)26-11-5-6-16(13-26)19-17(12-23-21(24-19)25(2)3)14-7-9-15(10-8-14)20(22)28/h4,7-10,12,16H,1,5-6,11,13H2,2-3H3,(H2,22,28). The van der Waals surface area contributed by atoms with Crippen LogP contribution < -0.4 is 10.6 Å². The normalized spacial score (nSPS) is 16.5. The fourth-order valence-corrected chi connectivity index (χ4v) is 3.48. The quantitative estimate of drug-likeness (QED) is 0.804. The Morgan fingerprint density at radius 3 is 2.61 bits per heavy atom. The second-order valence-electron chi connectivity index (χ2n) is 7.13. The van der Waals surface area contributed by atoms with Crippen molar-refractivity contribution in [1.29, 1.82) is 0 Å². The maximum atomic E-state index is 12.1. The van der Waals surface area contributed by atoms with Crippen molar-refractivity contribution >= 4 is 17.8 Å². The molecule has 0 radical (unpaired) electrons. The van der Waals surface area contributed by atoms with Gasteiger partial charge in [0.05, 0.1) is 5.69 Å². The molecule has 7 heteroatoms. The molecule has 2 amide bonds. The molecule has 1 fully saturated rings. The molecule has 0 aliphatic carbocycles. The Balaban J connectivity index is 2.02. The van der Waals surface area contributed by atoms with Crippen LogP contribution in [0.3, 0.4) is 0 Å². The molecule has 1 unspecified atom stereocenters. The van der Waals surface area contributed by atoms with Gasteiger partial charge in [-0.3, -0.25) is 9.59 Å². The van der Waals surface area contributed by atoms with Gasteiger partial charge in [0, 0.05) is 50.4 Å². The van der Waals surface area contributed by atoms with Crippen molar-refractivity contribution in [2.24, 2.45) is 5.73 Å². The summed E-state index contributed by atoms with van der Waals surface area (Å²) in [6, 6.07) is 7.12. The van der Waals surface area contributed by atoms with Gasteiger partial charge in [-0.2, -0.15) is 0 Å². The van der Waals surface area contributed by atoms with Gasteiger partial charge in [0.25, 0.3) is 0 Å². The Hall–Kier alpha value is -3.22. The summed E-state index contributed by atoms with van der Waals surface area (Å²) in [5, 5.41) is 0. The fraction of sp³-hybridized carbons (Fsp3) is 0.333. The number of carbonyl (C=O) groups excluding carboxylic acids is 2. The number of piperidine rings is 1. The summed E-state index contributed by atoms with van der Waals surface area (Å²) >= 11 is 0. The molecule has 3 rings (SSSR count). The second-order valence-corrected chi connectivity index (χ2v) is 7.13. The topological polar surface area (TPSA) is 92.4 Å². The van der Waals surface area contributed by atoms with Gasteiger partial charge in [-0.05, 0) is 36.6 Å². The minimum absolute atomic E-state index is 0.0565. The second kappa shape index (κ2) is 8.21. The molecule has 1 saturated heterocycles. The van der Waals surface area contributed by atoms with E-state index < -0.39 is 5.91 Å². The van der Waals surface area contributed by atoms with Gasteiger partial charge >= 0.3 is 0 Å². The number of benzene rings is 1. The molecular formula is C21H25N5O2. The first-order valence-electron chi connectivity index (χ1n) is 9.26. The van der Waals surface area contributed by atoms with E-state index in [0.29, 0.717) is 18.1 Å². The molecule has 0 bridgehead atoms. The van der Waals surface area contributed by atoms with Gasteiger partial charge in [-0.15, -0.1) is 0 Å². The van der Waals surface area contributed by atoms with E-state index in [9.17, 15) is 9.59 Å². The monoisotopic (exact) mass is 379 g/mol. The van der Waals surface area contributed by atoms with Crippen LogP contribution in [0.25, 0.3) is 11.1 Å². The average molecular weight is 379 g/mol. The summed E-state index contributed by atoms with van der Waals surface area (Å²) in [6.45, 7) is 4.93. The maximum Gasteiger partial charge on any atom is 0.248 e. The molecule has 2 N–H and O–H groups in total. The molecule has 7 nitrogen and oxygen atoms in total. The van der Waals surface area contributed by atoms with Crippen molar-refractivity contribution in [2.75, 3.05) is 32.1 Å². The lowest BCUT2D eigenvalue weighted by molar-refractivity contribution is -0.127. The van der Waals surface area contributed by atoms with E-state index in [1.54, 1.807) is 12.1 Å². The predicted octanol–water partition coefficient (Wildman–Crippen LogP) is 2.20. The Kier molecular flexibility index (Phi) is 5.73. The van der Waals surface area contributed by atoms with Gasteiger partial charge in [-0.25, -0.2) is 9.97 Å². The molecule has 1 aromatic heterocycles. The van der Waals surface area contributed by atoms with Crippen molar-refractivity contribution < 1.29 is 9.59 Å². The lowest BCUT2D eigenvalue weighted by Crippen LogP contribution is -2.38. The molecule has 28 heavy (non-hydrogen) atoms. The van der Waals surface area contributed by atoms with Gasteiger partial charge in [-0.1, -0.05) is 18.7 Å². The van der Waals surface area contributed by atoms with Crippen LogP contribution in [-0.4, -0.2) is 53.9 Å². The number of anilines is 1. The predicted molar refractivity (Wildman–Crippen MR) is 109 cm³/mol. The minimum atomic E-state index is -0.461. The summed E-state index contributed by atoms with van der Waals surface area (Å²) in [7, 11) is 3.80. The minimum Gasteiger partial charge on any atom is -0.366 e. The number of primary amides is 1. The number of carbonyl (C=O) groups is 2. The number of amides is 2. The zero-order valence-electron chi connectivity index (χ0n) is 16.3. The summed E-state index contributed by atoms with van der Waals surface area (Å²) in [5.41, 5.74) is 8.53. The molecule has 1 atom stereocenters. The third-order valence-corrected chi connectivity index (χ3v) is 4.98. The fourth-order valence-electron chi connectivity index (χ4n) is 3.48. The van der Waals surface area contributed by atoms with E-state index in [1.807, 2.05) is 42.2 Å². The van der Waals surface area contributed by atoms with Gasteiger partial charge in [0.2, 0.25) is 17.8 Å². The van der Waals surface area contributed by atoms with Crippen LogP contribution in [0.5, 0.6) is 0 Å². The Morgan fingerprint density at radius 1 is 1.29 bits per heavy atom. The molecule has 0 spiro atoms. The van der Waals surface area contributed by atoms with Gasteiger partial charge < -0.3 is 15.5 Å². The molecular weight excluding hydrogens is 354 g/mol. The number of aromatic nitrogens is 2. The van der Waals surface area contributed by atoms with Crippen molar-refractivity contribution in [2.45, 2.75) is 18.8 Å².